The molecule has 0 spiro atoms. The Morgan fingerprint density at radius 3 is 2.35 bits per heavy atom. The Morgan fingerprint density at radius 1 is 1.30 bits per heavy atom. The van der Waals surface area contributed by atoms with Crippen LogP contribution in [0.3, 0.4) is 0 Å². The number of carbonyl (C=O) groups is 2. The van der Waals surface area contributed by atoms with Gasteiger partial charge in [0.1, 0.15) is 0 Å². The molecule has 1 saturated carbocycles. The summed E-state index contributed by atoms with van der Waals surface area (Å²) in [6, 6.07) is -0.193. The molecule has 1 atom stereocenters. The fraction of sp³-hybridized carbons (Fsp3) is 0.867. The van der Waals surface area contributed by atoms with Gasteiger partial charge in [0, 0.05) is 18.5 Å². The lowest BCUT2D eigenvalue weighted by Crippen LogP contribution is -2.50. The van der Waals surface area contributed by atoms with Crippen molar-refractivity contribution in [2.75, 3.05) is 6.54 Å². The van der Waals surface area contributed by atoms with Crippen LogP contribution in [0.4, 0.5) is 4.79 Å². The standard InChI is InChI=1S/C15H28N2O3/c1-10(2)7-11(8-13(18)19)9-16-14(20)17-15(3,4)12-5-6-12/h10-12H,5-9H2,1-4H3,(H,18,19)(H2,16,17,20). The first kappa shape index (κ1) is 16.8. The first-order valence-corrected chi connectivity index (χ1v) is 7.48. The van der Waals surface area contributed by atoms with Crippen LogP contribution in [0.15, 0.2) is 0 Å². The Morgan fingerprint density at radius 2 is 1.90 bits per heavy atom. The van der Waals surface area contributed by atoms with E-state index < -0.39 is 5.97 Å². The van der Waals surface area contributed by atoms with Crippen molar-refractivity contribution in [1.82, 2.24) is 10.6 Å². The van der Waals surface area contributed by atoms with Gasteiger partial charge >= 0.3 is 12.0 Å². The average Bonchev–Trinajstić information content (AvgIpc) is 3.07. The number of nitrogens with one attached hydrogen (secondary N) is 2. The third-order valence-electron chi connectivity index (χ3n) is 3.85. The van der Waals surface area contributed by atoms with Gasteiger partial charge in [-0.1, -0.05) is 13.8 Å². The summed E-state index contributed by atoms with van der Waals surface area (Å²) >= 11 is 0. The fourth-order valence-electron chi connectivity index (χ4n) is 2.63. The third-order valence-corrected chi connectivity index (χ3v) is 3.85. The van der Waals surface area contributed by atoms with E-state index in [4.69, 9.17) is 5.11 Å². The fourth-order valence-corrected chi connectivity index (χ4v) is 2.63. The van der Waals surface area contributed by atoms with Gasteiger partial charge in [0.05, 0.1) is 0 Å². The summed E-state index contributed by atoms with van der Waals surface area (Å²) in [5, 5.41) is 14.7. The van der Waals surface area contributed by atoms with Crippen LogP contribution >= 0.6 is 0 Å². The van der Waals surface area contributed by atoms with Crippen LogP contribution in [0.1, 0.15) is 53.4 Å². The molecule has 1 rings (SSSR count). The van der Waals surface area contributed by atoms with Crippen LogP contribution < -0.4 is 10.6 Å². The van der Waals surface area contributed by atoms with E-state index in [1.165, 1.54) is 12.8 Å². The van der Waals surface area contributed by atoms with Crippen LogP contribution in [0, 0.1) is 17.8 Å². The maximum atomic E-state index is 11.9. The number of carboxylic acids is 1. The van der Waals surface area contributed by atoms with Gasteiger partial charge in [-0.3, -0.25) is 4.79 Å². The van der Waals surface area contributed by atoms with Crippen LogP contribution in [0.2, 0.25) is 0 Å². The minimum atomic E-state index is -0.809. The molecular weight excluding hydrogens is 256 g/mol. The summed E-state index contributed by atoms with van der Waals surface area (Å²) in [5.74, 6) is 0.171. The van der Waals surface area contributed by atoms with Crippen molar-refractivity contribution in [2.45, 2.75) is 58.9 Å². The highest BCUT2D eigenvalue weighted by Crippen LogP contribution is 2.39. The number of aliphatic carboxylic acids is 1. The van der Waals surface area contributed by atoms with Gasteiger partial charge in [-0.2, -0.15) is 0 Å². The number of rotatable bonds is 8. The first-order chi connectivity index (χ1) is 9.20. The second-order valence-corrected chi connectivity index (χ2v) is 6.92. The van der Waals surface area contributed by atoms with Crippen LogP contribution in [-0.4, -0.2) is 29.2 Å². The molecule has 0 saturated heterocycles. The van der Waals surface area contributed by atoms with Crippen LogP contribution in [-0.2, 0) is 4.79 Å². The number of carbonyl (C=O) groups excluding carboxylic acids is 1. The molecule has 5 nitrogen and oxygen atoms in total. The highest BCUT2D eigenvalue weighted by molar-refractivity contribution is 5.75. The summed E-state index contributed by atoms with van der Waals surface area (Å²) in [6.45, 7) is 8.60. The highest BCUT2D eigenvalue weighted by Gasteiger charge is 2.38. The van der Waals surface area contributed by atoms with Gasteiger partial charge in [-0.25, -0.2) is 4.79 Å². The molecule has 5 heteroatoms. The number of hydrogen-bond donors (Lipinski definition) is 3. The van der Waals surface area contributed by atoms with Crippen molar-refractivity contribution in [1.29, 1.82) is 0 Å². The summed E-state index contributed by atoms with van der Waals surface area (Å²) in [5.41, 5.74) is -0.176. The van der Waals surface area contributed by atoms with E-state index in [0.29, 0.717) is 18.4 Å². The van der Waals surface area contributed by atoms with Crippen molar-refractivity contribution in [3.63, 3.8) is 0 Å². The molecule has 2 amide bonds. The van der Waals surface area contributed by atoms with Crippen LogP contribution in [0.25, 0.3) is 0 Å². The lowest BCUT2D eigenvalue weighted by molar-refractivity contribution is -0.138. The smallest absolute Gasteiger partial charge is 0.315 e. The molecule has 0 aromatic carbocycles. The maximum absolute atomic E-state index is 11.9. The van der Waals surface area contributed by atoms with E-state index in [1.807, 2.05) is 13.8 Å². The van der Waals surface area contributed by atoms with E-state index >= 15 is 0 Å². The molecule has 116 valence electrons. The van der Waals surface area contributed by atoms with E-state index in [0.717, 1.165) is 6.42 Å². The van der Waals surface area contributed by atoms with Gasteiger partial charge < -0.3 is 15.7 Å². The molecule has 0 aromatic heterocycles. The first-order valence-electron chi connectivity index (χ1n) is 7.48. The highest BCUT2D eigenvalue weighted by atomic mass is 16.4. The SMILES string of the molecule is CC(C)CC(CNC(=O)NC(C)(C)C1CC1)CC(=O)O. The predicted molar refractivity (Wildman–Crippen MR) is 78.5 cm³/mol. The summed E-state index contributed by atoms with van der Waals surface area (Å²) < 4.78 is 0. The Labute approximate surface area is 121 Å². The summed E-state index contributed by atoms with van der Waals surface area (Å²) in [7, 11) is 0. The van der Waals surface area contributed by atoms with Gasteiger partial charge in [-0.05, 0) is 50.9 Å². The lowest BCUT2D eigenvalue weighted by Gasteiger charge is -2.27. The van der Waals surface area contributed by atoms with E-state index in [1.54, 1.807) is 0 Å². The van der Waals surface area contributed by atoms with Crippen LogP contribution in [0.5, 0.6) is 0 Å². The van der Waals surface area contributed by atoms with Gasteiger partial charge in [-0.15, -0.1) is 0 Å². The zero-order valence-corrected chi connectivity index (χ0v) is 13.0. The van der Waals surface area contributed by atoms with Gasteiger partial charge in [0.25, 0.3) is 0 Å². The molecule has 0 radical (unpaired) electrons. The Hall–Kier alpha value is -1.26. The maximum Gasteiger partial charge on any atom is 0.315 e. The normalized spacial score (nSPS) is 16.9. The van der Waals surface area contributed by atoms with Gasteiger partial charge in [0.15, 0.2) is 0 Å². The average molecular weight is 284 g/mol. The molecule has 1 aliphatic carbocycles. The Bertz CT molecular complexity index is 349. The summed E-state index contributed by atoms with van der Waals surface area (Å²) in [4.78, 5) is 22.7. The molecule has 0 aliphatic heterocycles. The quantitative estimate of drug-likeness (QED) is 0.641. The zero-order valence-electron chi connectivity index (χ0n) is 13.0. The topological polar surface area (TPSA) is 78.4 Å². The van der Waals surface area contributed by atoms with Crippen molar-refractivity contribution in [3.05, 3.63) is 0 Å². The van der Waals surface area contributed by atoms with Crippen molar-refractivity contribution in [3.8, 4) is 0 Å². The van der Waals surface area contributed by atoms with Crippen molar-refractivity contribution >= 4 is 12.0 Å². The largest absolute Gasteiger partial charge is 0.481 e. The molecule has 0 heterocycles. The second kappa shape index (κ2) is 6.95. The Balaban J connectivity index is 2.37. The molecular formula is C15H28N2O3. The molecule has 1 aliphatic rings. The molecule has 0 aromatic rings. The van der Waals surface area contributed by atoms with Gasteiger partial charge in [0.2, 0.25) is 0 Å². The lowest BCUT2D eigenvalue weighted by atomic mass is 9.94. The van der Waals surface area contributed by atoms with Crippen molar-refractivity contribution < 1.29 is 14.7 Å². The minimum absolute atomic E-state index is 0.0118. The van der Waals surface area contributed by atoms with Crippen molar-refractivity contribution in [2.24, 2.45) is 17.8 Å². The Kier molecular flexibility index (Phi) is 5.84. The number of hydrogen-bond acceptors (Lipinski definition) is 2. The number of carboxylic acid groups (broad SMARTS) is 1. The molecule has 1 unspecified atom stereocenters. The van der Waals surface area contributed by atoms with E-state index in [-0.39, 0.29) is 23.9 Å². The monoisotopic (exact) mass is 284 g/mol. The number of amides is 2. The minimum Gasteiger partial charge on any atom is -0.481 e. The third kappa shape index (κ3) is 6.26. The molecule has 0 bridgehead atoms. The second-order valence-electron chi connectivity index (χ2n) is 6.92. The summed E-state index contributed by atoms with van der Waals surface area (Å²) in [6.07, 6.45) is 3.24. The predicted octanol–water partition coefficient (Wildman–Crippen LogP) is 2.61. The molecule has 1 fully saturated rings. The molecule has 3 N–H and O–H groups in total. The van der Waals surface area contributed by atoms with E-state index in [2.05, 4.69) is 24.5 Å². The number of urea groups is 1. The molecule has 20 heavy (non-hydrogen) atoms. The van der Waals surface area contributed by atoms with E-state index in [9.17, 15) is 9.59 Å². The zero-order chi connectivity index (χ0) is 15.3.